The molecule has 1 unspecified atom stereocenters. The van der Waals surface area contributed by atoms with Crippen molar-refractivity contribution in [3.05, 3.63) is 65.7 Å². The van der Waals surface area contributed by atoms with E-state index < -0.39 is 6.10 Å². The molecule has 0 saturated heterocycles. The Hall–Kier alpha value is -2.33. The number of aliphatic hydroxyl groups is 1. The molecule has 23 heavy (non-hydrogen) atoms. The molecule has 4 nitrogen and oxygen atoms in total. The lowest BCUT2D eigenvalue weighted by molar-refractivity contribution is 0.0942. The maximum atomic E-state index is 12.1. The zero-order valence-electron chi connectivity index (χ0n) is 13.4. The minimum Gasteiger partial charge on any atom is -0.494 e. The van der Waals surface area contributed by atoms with Crippen LogP contribution < -0.4 is 10.1 Å². The SMILES string of the molecule is CCCOc1cccc(C(=O)NCCC(O)c2ccccc2)c1. The highest BCUT2D eigenvalue weighted by Crippen LogP contribution is 2.16. The van der Waals surface area contributed by atoms with Crippen LogP contribution in [-0.4, -0.2) is 24.2 Å². The van der Waals surface area contributed by atoms with E-state index in [2.05, 4.69) is 5.32 Å². The largest absolute Gasteiger partial charge is 0.494 e. The van der Waals surface area contributed by atoms with E-state index in [0.717, 1.165) is 12.0 Å². The molecule has 122 valence electrons. The summed E-state index contributed by atoms with van der Waals surface area (Å²) in [6.07, 6.45) is 0.825. The predicted octanol–water partition coefficient (Wildman–Crippen LogP) is 3.33. The van der Waals surface area contributed by atoms with Crippen molar-refractivity contribution < 1.29 is 14.6 Å². The van der Waals surface area contributed by atoms with E-state index in [-0.39, 0.29) is 5.91 Å². The third kappa shape index (κ3) is 5.42. The van der Waals surface area contributed by atoms with Crippen LogP contribution in [0.1, 0.15) is 41.8 Å². The van der Waals surface area contributed by atoms with Crippen molar-refractivity contribution in [1.82, 2.24) is 5.32 Å². The highest BCUT2D eigenvalue weighted by Gasteiger charge is 2.09. The van der Waals surface area contributed by atoms with Gasteiger partial charge in [0.1, 0.15) is 5.75 Å². The van der Waals surface area contributed by atoms with Gasteiger partial charge in [0, 0.05) is 12.1 Å². The first kappa shape index (κ1) is 17.0. The molecule has 0 heterocycles. The summed E-state index contributed by atoms with van der Waals surface area (Å²) in [5.74, 6) is 0.538. The summed E-state index contributed by atoms with van der Waals surface area (Å²) in [6.45, 7) is 3.08. The van der Waals surface area contributed by atoms with Gasteiger partial charge in [-0.3, -0.25) is 4.79 Å². The fraction of sp³-hybridized carbons (Fsp3) is 0.316. The van der Waals surface area contributed by atoms with Crippen LogP contribution in [0.25, 0.3) is 0 Å². The van der Waals surface area contributed by atoms with E-state index in [1.807, 2.05) is 43.3 Å². The van der Waals surface area contributed by atoms with Gasteiger partial charge in [-0.1, -0.05) is 43.3 Å². The van der Waals surface area contributed by atoms with E-state index in [1.54, 1.807) is 18.2 Å². The Morgan fingerprint density at radius 2 is 1.96 bits per heavy atom. The van der Waals surface area contributed by atoms with Crippen LogP contribution in [0.5, 0.6) is 5.75 Å². The van der Waals surface area contributed by atoms with Crippen LogP contribution in [0.2, 0.25) is 0 Å². The number of rotatable bonds is 8. The number of amides is 1. The topological polar surface area (TPSA) is 58.6 Å². The predicted molar refractivity (Wildman–Crippen MR) is 90.6 cm³/mol. The van der Waals surface area contributed by atoms with Crippen molar-refractivity contribution in [2.45, 2.75) is 25.9 Å². The summed E-state index contributed by atoms with van der Waals surface area (Å²) in [5, 5.41) is 12.9. The molecule has 1 atom stereocenters. The Morgan fingerprint density at radius 1 is 1.17 bits per heavy atom. The van der Waals surface area contributed by atoms with Crippen LogP contribution in [0.3, 0.4) is 0 Å². The van der Waals surface area contributed by atoms with E-state index in [9.17, 15) is 9.90 Å². The lowest BCUT2D eigenvalue weighted by atomic mass is 10.1. The highest BCUT2D eigenvalue weighted by atomic mass is 16.5. The van der Waals surface area contributed by atoms with Gasteiger partial charge in [0.2, 0.25) is 0 Å². The quantitative estimate of drug-likeness (QED) is 0.786. The van der Waals surface area contributed by atoms with Crippen molar-refractivity contribution in [3.8, 4) is 5.75 Å². The minimum absolute atomic E-state index is 0.160. The van der Waals surface area contributed by atoms with Gasteiger partial charge in [-0.2, -0.15) is 0 Å². The number of benzene rings is 2. The smallest absolute Gasteiger partial charge is 0.251 e. The van der Waals surface area contributed by atoms with Gasteiger partial charge in [-0.25, -0.2) is 0 Å². The summed E-state index contributed by atoms with van der Waals surface area (Å²) in [4.78, 5) is 12.1. The molecule has 0 aliphatic rings. The van der Waals surface area contributed by atoms with Crippen molar-refractivity contribution in [2.24, 2.45) is 0 Å². The lowest BCUT2D eigenvalue weighted by Crippen LogP contribution is -2.25. The molecule has 2 N–H and O–H groups in total. The van der Waals surface area contributed by atoms with Gasteiger partial charge in [0.25, 0.3) is 5.91 Å². The summed E-state index contributed by atoms with van der Waals surface area (Å²) in [7, 11) is 0. The van der Waals surface area contributed by atoms with Crippen molar-refractivity contribution >= 4 is 5.91 Å². The monoisotopic (exact) mass is 313 g/mol. The van der Waals surface area contributed by atoms with Crippen LogP contribution in [0.15, 0.2) is 54.6 Å². The van der Waals surface area contributed by atoms with Gasteiger partial charge in [-0.15, -0.1) is 0 Å². The normalized spacial score (nSPS) is 11.7. The number of aliphatic hydroxyl groups excluding tert-OH is 1. The molecular formula is C19H23NO3. The average molecular weight is 313 g/mol. The number of carbonyl (C=O) groups excluding carboxylic acids is 1. The molecule has 2 aromatic carbocycles. The summed E-state index contributed by atoms with van der Waals surface area (Å²) >= 11 is 0. The standard InChI is InChI=1S/C19H23NO3/c1-2-13-23-17-10-6-9-16(14-17)19(22)20-12-11-18(21)15-7-4-3-5-8-15/h3-10,14,18,21H,2,11-13H2,1H3,(H,20,22). The maximum absolute atomic E-state index is 12.1. The van der Waals surface area contributed by atoms with Crippen LogP contribution in [0.4, 0.5) is 0 Å². The van der Waals surface area contributed by atoms with Crippen LogP contribution in [-0.2, 0) is 0 Å². The van der Waals surface area contributed by atoms with Gasteiger partial charge in [0.05, 0.1) is 12.7 Å². The van der Waals surface area contributed by atoms with E-state index in [1.165, 1.54) is 0 Å². The molecule has 0 aromatic heterocycles. The van der Waals surface area contributed by atoms with E-state index >= 15 is 0 Å². The lowest BCUT2D eigenvalue weighted by Gasteiger charge is -2.12. The molecule has 2 rings (SSSR count). The highest BCUT2D eigenvalue weighted by molar-refractivity contribution is 5.94. The Labute approximate surface area is 137 Å². The van der Waals surface area contributed by atoms with Crippen LogP contribution >= 0.6 is 0 Å². The molecule has 0 aliphatic heterocycles. The Balaban J connectivity index is 1.83. The Morgan fingerprint density at radius 3 is 2.70 bits per heavy atom. The van der Waals surface area contributed by atoms with Crippen LogP contribution in [0, 0.1) is 0 Å². The molecule has 4 heteroatoms. The molecule has 1 amide bonds. The number of nitrogens with one attached hydrogen (secondary N) is 1. The maximum Gasteiger partial charge on any atom is 0.251 e. The van der Waals surface area contributed by atoms with Gasteiger partial charge >= 0.3 is 0 Å². The molecule has 2 aromatic rings. The summed E-state index contributed by atoms with van der Waals surface area (Å²) in [6, 6.07) is 16.6. The average Bonchev–Trinajstić information content (AvgIpc) is 2.60. The fourth-order valence-corrected chi connectivity index (χ4v) is 2.21. The second-order valence-corrected chi connectivity index (χ2v) is 5.35. The van der Waals surface area contributed by atoms with Crippen molar-refractivity contribution in [3.63, 3.8) is 0 Å². The van der Waals surface area contributed by atoms with Gasteiger partial charge < -0.3 is 15.2 Å². The van der Waals surface area contributed by atoms with E-state index in [4.69, 9.17) is 4.74 Å². The van der Waals surface area contributed by atoms with Gasteiger partial charge in [-0.05, 0) is 36.6 Å². The van der Waals surface area contributed by atoms with Crippen molar-refractivity contribution in [1.29, 1.82) is 0 Å². The molecule has 0 saturated carbocycles. The Kier molecular flexibility index (Phi) is 6.63. The summed E-state index contributed by atoms with van der Waals surface area (Å²) in [5.41, 5.74) is 1.42. The van der Waals surface area contributed by atoms with Crippen molar-refractivity contribution in [2.75, 3.05) is 13.2 Å². The Bertz CT molecular complexity index is 613. The zero-order chi connectivity index (χ0) is 16.5. The second kappa shape index (κ2) is 8.96. The number of hydrogen-bond donors (Lipinski definition) is 2. The second-order valence-electron chi connectivity index (χ2n) is 5.35. The molecule has 0 fully saturated rings. The third-order valence-corrected chi connectivity index (χ3v) is 3.46. The first-order valence-electron chi connectivity index (χ1n) is 7.94. The van der Waals surface area contributed by atoms with E-state index in [0.29, 0.717) is 30.9 Å². The molecule has 0 aliphatic carbocycles. The first-order valence-corrected chi connectivity index (χ1v) is 7.94. The summed E-state index contributed by atoms with van der Waals surface area (Å²) < 4.78 is 5.53. The minimum atomic E-state index is -0.573. The zero-order valence-corrected chi connectivity index (χ0v) is 13.4. The number of carbonyl (C=O) groups is 1. The molecule has 0 radical (unpaired) electrons. The molecular weight excluding hydrogens is 290 g/mol. The fourth-order valence-electron chi connectivity index (χ4n) is 2.21. The number of hydrogen-bond acceptors (Lipinski definition) is 3. The molecule has 0 spiro atoms. The van der Waals surface area contributed by atoms with Gasteiger partial charge in [0.15, 0.2) is 0 Å². The molecule has 0 bridgehead atoms. The third-order valence-electron chi connectivity index (χ3n) is 3.46. The first-order chi connectivity index (χ1) is 11.2. The number of ether oxygens (including phenoxy) is 1.